The Labute approximate surface area is 147 Å². The Kier molecular flexibility index (Phi) is 5.20. The number of anilines is 2. The van der Waals surface area contributed by atoms with E-state index in [1.54, 1.807) is 0 Å². The summed E-state index contributed by atoms with van der Waals surface area (Å²) >= 11 is 1.24. The molecular formula is C17H15FN4O2S. The third-order valence-electron chi connectivity index (χ3n) is 3.14. The Morgan fingerprint density at radius 2 is 1.96 bits per heavy atom. The molecule has 0 aliphatic heterocycles. The Balaban J connectivity index is 1.66. The zero-order chi connectivity index (χ0) is 17.6. The average Bonchev–Trinajstić information content (AvgIpc) is 3.06. The molecule has 0 atom stereocenters. The molecule has 25 heavy (non-hydrogen) atoms. The first kappa shape index (κ1) is 16.8. The number of urea groups is 1. The second-order valence-corrected chi connectivity index (χ2v) is 5.94. The molecule has 0 unspecified atom stereocenters. The molecule has 128 valence electrons. The zero-order valence-corrected chi connectivity index (χ0v) is 14.1. The number of aromatic nitrogens is 2. The summed E-state index contributed by atoms with van der Waals surface area (Å²) in [7, 11) is 0. The molecule has 0 aliphatic rings. The molecule has 3 rings (SSSR count). The molecule has 0 bridgehead atoms. The normalized spacial score (nSPS) is 10.3. The lowest BCUT2D eigenvalue weighted by atomic mass is 10.2. The molecule has 0 aliphatic carbocycles. The number of carbonyl (C=O) groups is 1. The molecule has 3 aromatic rings. The number of halogens is 1. The maximum Gasteiger partial charge on any atom is 0.325 e. The summed E-state index contributed by atoms with van der Waals surface area (Å²) in [6.07, 6.45) is 0. The summed E-state index contributed by atoms with van der Waals surface area (Å²) in [6, 6.07) is 12.5. The maximum atomic E-state index is 12.9. The summed E-state index contributed by atoms with van der Waals surface area (Å²) in [5, 5.41) is 14.3. The van der Waals surface area contributed by atoms with Crippen LogP contribution in [0, 0.1) is 5.82 Å². The standard InChI is InChI=1S/C17H15FN4O2S/c1-2-24-14-5-3-4-11(10-14)15-21-22-17(25-15)20-16(23)19-13-8-6-12(18)7-9-13/h3-10H,2H2,1H3,(H2,19,20,22,23). The SMILES string of the molecule is CCOc1cccc(-c2nnc(NC(=O)Nc3ccc(F)cc3)s2)c1. The van der Waals surface area contributed by atoms with Gasteiger partial charge in [-0.1, -0.05) is 23.5 Å². The zero-order valence-electron chi connectivity index (χ0n) is 13.3. The Morgan fingerprint density at radius 1 is 1.16 bits per heavy atom. The van der Waals surface area contributed by atoms with Gasteiger partial charge in [-0.15, -0.1) is 10.2 Å². The van der Waals surface area contributed by atoms with Gasteiger partial charge in [-0.2, -0.15) is 0 Å². The first-order valence-corrected chi connectivity index (χ1v) is 8.36. The topological polar surface area (TPSA) is 76.1 Å². The molecule has 0 saturated heterocycles. The highest BCUT2D eigenvalue weighted by Crippen LogP contribution is 2.28. The fraction of sp³-hybridized carbons (Fsp3) is 0.118. The van der Waals surface area contributed by atoms with Crippen molar-refractivity contribution in [3.05, 3.63) is 54.3 Å². The fourth-order valence-corrected chi connectivity index (χ4v) is 2.80. The van der Waals surface area contributed by atoms with Crippen molar-refractivity contribution < 1.29 is 13.9 Å². The molecule has 2 N–H and O–H groups in total. The highest BCUT2D eigenvalue weighted by molar-refractivity contribution is 7.18. The van der Waals surface area contributed by atoms with Crippen molar-refractivity contribution in [2.45, 2.75) is 6.92 Å². The van der Waals surface area contributed by atoms with Crippen LogP contribution in [-0.2, 0) is 0 Å². The van der Waals surface area contributed by atoms with Gasteiger partial charge in [-0.3, -0.25) is 5.32 Å². The van der Waals surface area contributed by atoms with Crippen LogP contribution in [0.5, 0.6) is 5.75 Å². The van der Waals surface area contributed by atoms with Crippen molar-refractivity contribution >= 4 is 28.2 Å². The van der Waals surface area contributed by atoms with Crippen LogP contribution >= 0.6 is 11.3 Å². The number of nitrogens with zero attached hydrogens (tertiary/aromatic N) is 2. The van der Waals surface area contributed by atoms with Gasteiger partial charge in [0, 0.05) is 11.3 Å². The Morgan fingerprint density at radius 3 is 2.72 bits per heavy atom. The van der Waals surface area contributed by atoms with Crippen LogP contribution < -0.4 is 15.4 Å². The van der Waals surface area contributed by atoms with Crippen molar-refractivity contribution in [3.8, 4) is 16.3 Å². The quantitative estimate of drug-likeness (QED) is 0.709. The molecule has 6 nitrogen and oxygen atoms in total. The van der Waals surface area contributed by atoms with Gasteiger partial charge in [0.05, 0.1) is 6.61 Å². The van der Waals surface area contributed by atoms with Gasteiger partial charge in [0.15, 0.2) is 0 Å². The number of hydrogen-bond donors (Lipinski definition) is 2. The van der Waals surface area contributed by atoms with E-state index in [0.29, 0.717) is 22.4 Å². The molecule has 1 aromatic heterocycles. The van der Waals surface area contributed by atoms with E-state index in [0.717, 1.165) is 11.3 Å². The Hall–Kier alpha value is -3.00. The van der Waals surface area contributed by atoms with Crippen LogP contribution in [0.2, 0.25) is 0 Å². The lowest BCUT2D eigenvalue weighted by molar-refractivity contribution is 0.262. The monoisotopic (exact) mass is 358 g/mol. The summed E-state index contributed by atoms with van der Waals surface area (Å²) in [5.41, 5.74) is 1.34. The van der Waals surface area contributed by atoms with Crippen molar-refractivity contribution in [2.24, 2.45) is 0 Å². The first-order chi connectivity index (χ1) is 12.1. The van der Waals surface area contributed by atoms with E-state index < -0.39 is 6.03 Å². The fourth-order valence-electron chi connectivity index (χ4n) is 2.07. The van der Waals surface area contributed by atoms with E-state index in [1.807, 2.05) is 31.2 Å². The molecule has 0 saturated carbocycles. The van der Waals surface area contributed by atoms with Crippen LogP contribution in [0.4, 0.5) is 20.0 Å². The van der Waals surface area contributed by atoms with E-state index in [1.165, 1.54) is 35.6 Å². The van der Waals surface area contributed by atoms with Crippen LogP contribution in [0.1, 0.15) is 6.92 Å². The second kappa shape index (κ2) is 7.71. The van der Waals surface area contributed by atoms with Crippen molar-refractivity contribution in [3.63, 3.8) is 0 Å². The van der Waals surface area contributed by atoms with Crippen LogP contribution in [0.15, 0.2) is 48.5 Å². The minimum Gasteiger partial charge on any atom is -0.494 e. The van der Waals surface area contributed by atoms with E-state index in [-0.39, 0.29) is 5.82 Å². The van der Waals surface area contributed by atoms with Crippen LogP contribution in [0.3, 0.4) is 0 Å². The van der Waals surface area contributed by atoms with E-state index in [2.05, 4.69) is 20.8 Å². The van der Waals surface area contributed by atoms with Gasteiger partial charge in [-0.25, -0.2) is 9.18 Å². The number of ether oxygens (including phenoxy) is 1. The van der Waals surface area contributed by atoms with Gasteiger partial charge in [-0.05, 0) is 43.3 Å². The average molecular weight is 358 g/mol. The van der Waals surface area contributed by atoms with Crippen LogP contribution in [0.25, 0.3) is 10.6 Å². The van der Waals surface area contributed by atoms with Gasteiger partial charge >= 0.3 is 6.03 Å². The molecule has 0 fully saturated rings. The number of hydrogen-bond acceptors (Lipinski definition) is 5. The highest BCUT2D eigenvalue weighted by atomic mass is 32.1. The molecule has 8 heteroatoms. The lowest BCUT2D eigenvalue weighted by Crippen LogP contribution is -2.19. The third-order valence-corrected chi connectivity index (χ3v) is 4.03. The lowest BCUT2D eigenvalue weighted by Gasteiger charge is -2.04. The predicted octanol–water partition coefficient (Wildman–Crippen LogP) is 4.39. The maximum absolute atomic E-state index is 12.9. The summed E-state index contributed by atoms with van der Waals surface area (Å²) < 4.78 is 18.3. The minimum absolute atomic E-state index is 0.358. The number of nitrogens with one attached hydrogen (secondary N) is 2. The van der Waals surface area contributed by atoms with Crippen molar-refractivity contribution in [1.82, 2.24) is 10.2 Å². The second-order valence-electron chi connectivity index (χ2n) is 4.96. The predicted molar refractivity (Wildman–Crippen MR) is 95.6 cm³/mol. The molecule has 0 spiro atoms. The number of carbonyl (C=O) groups excluding carboxylic acids is 1. The number of amides is 2. The molecular weight excluding hydrogens is 343 g/mol. The van der Waals surface area contributed by atoms with E-state index in [9.17, 15) is 9.18 Å². The van der Waals surface area contributed by atoms with E-state index in [4.69, 9.17) is 4.74 Å². The van der Waals surface area contributed by atoms with Gasteiger partial charge < -0.3 is 10.1 Å². The number of rotatable bonds is 5. The molecule has 2 amide bonds. The first-order valence-electron chi connectivity index (χ1n) is 7.54. The molecule has 1 heterocycles. The molecule has 0 radical (unpaired) electrons. The van der Waals surface area contributed by atoms with E-state index >= 15 is 0 Å². The smallest absolute Gasteiger partial charge is 0.325 e. The molecule has 2 aromatic carbocycles. The van der Waals surface area contributed by atoms with Gasteiger partial charge in [0.2, 0.25) is 5.13 Å². The largest absolute Gasteiger partial charge is 0.494 e. The number of benzene rings is 2. The highest BCUT2D eigenvalue weighted by Gasteiger charge is 2.10. The van der Waals surface area contributed by atoms with Crippen molar-refractivity contribution in [1.29, 1.82) is 0 Å². The van der Waals surface area contributed by atoms with Gasteiger partial charge in [0.25, 0.3) is 0 Å². The summed E-state index contributed by atoms with van der Waals surface area (Å²) in [4.78, 5) is 12.0. The van der Waals surface area contributed by atoms with Gasteiger partial charge in [0.1, 0.15) is 16.6 Å². The van der Waals surface area contributed by atoms with Crippen molar-refractivity contribution in [2.75, 3.05) is 17.2 Å². The minimum atomic E-state index is -0.475. The third kappa shape index (κ3) is 4.51. The summed E-state index contributed by atoms with van der Waals surface area (Å²) in [5.74, 6) is 0.382. The van der Waals surface area contributed by atoms with Crippen LogP contribution in [-0.4, -0.2) is 22.8 Å². The Bertz CT molecular complexity index is 867. The summed E-state index contributed by atoms with van der Waals surface area (Å²) in [6.45, 7) is 2.50.